The average Bonchev–Trinajstić information content (AvgIpc) is 2.56. The van der Waals surface area contributed by atoms with Crippen LogP contribution >= 0.6 is 0 Å². The standard InChI is InChI=1S/C20H26O4/c1-5-13-22-14-7-8-15-24-20(21)19(16(3)4)17-9-11-18(12-10-17)23-6-2/h5,9-12,16,19H,1,6,13-15H2,2-4H3. The maximum absolute atomic E-state index is 12.4. The van der Waals surface area contributed by atoms with Crippen LogP contribution in [-0.4, -0.2) is 32.4 Å². The van der Waals surface area contributed by atoms with Crippen LogP contribution in [0.4, 0.5) is 0 Å². The van der Waals surface area contributed by atoms with Crippen molar-refractivity contribution >= 4 is 5.97 Å². The molecule has 0 aromatic heterocycles. The van der Waals surface area contributed by atoms with Crippen molar-refractivity contribution in [3.05, 3.63) is 42.5 Å². The van der Waals surface area contributed by atoms with Crippen molar-refractivity contribution < 1.29 is 19.0 Å². The Balaban J connectivity index is 2.60. The fourth-order valence-electron chi connectivity index (χ4n) is 2.22. The lowest BCUT2D eigenvalue weighted by Gasteiger charge is -2.19. The van der Waals surface area contributed by atoms with E-state index in [2.05, 4.69) is 18.4 Å². The van der Waals surface area contributed by atoms with Crippen LogP contribution in [0.1, 0.15) is 32.3 Å². The topological polar surface area (TPSA) is 44.8 Å². The van der Waals surface area contributed by atoms with Gasteiger partial charge in [-0.05, 0) is 30.5 Å². The lowest BCUT2D eigenvalue weighted by atomic mass is 9.88. The molecule has 0 bridgehead atoms. The number of benzene rings is 1. The average molecular weight is 330 g/mol. The molecule has 1 aromatic rings. The van der Waals surface area contributed by atoms with Gasteiger partial charge in [0.2, 0.25) is 0 Å². The molecule has 0 aliphatic rings. The Bertz CT molecular complexity index is 564. The summed E-state index contributed by atoms with van der Waals surface area (Å²) in [6.07, 6.45) is 1.66. The number of esters is 1. The Kier molecular flexibility index (Phi) is 9.33. The minimum absolute atomic E-state index is 0.0660. The minimum atomic E-state index is -0.320. The first-order valence-electron chi connectivity index (χ1n) is 8.13. The van der Waals surface area contributed by atoms with Crippen LogP contribution in [0, 0.1) is 17.8 Å². The van der Waals surface area contributed by atoms with E-state index in [4.69, 9.17) is 14.2 Å². The van der Waals surface area contributed by atoms with Gasteiger partial charge in [0, 0.05) is 0 Å². The largest absolute Gasteiger partial charge is 0.494 e. The first-order chi connectivity index (χ1) is 11.6. The molecule has 0 radical (unpaired) electrons. The summed E-state index contributed by atoms with van der Waals surface area (Å²) in [5.74, 6) is 5.90. The Morgan fingerprint density at radius 2 is 1.88 bits per heavy atom. The zero-order chi connectivity index (χ0) is 17.8. The van der Waals surface area contributed by atoms with E-state index in [1.165, 1.54) is 0 Å². The first-order valence-corrected chi connectivity index (χ1v) is 8.13. The second-order valence-electron chi connectivity index (χ2n) is 5.49. The Morgan fingerprint density at radius 1 is 1.21 bits per heavy atom. The molecule has 0 aliphatic carbocycles. The van der Waals surface area contributed by atoms with E-state index >= 15 is 0 Å². The van der Waals surface area contributed by atoms with E-state index in [1.54, 1.807) is 6.08 Å². The number of carbonyl (C=O) groups is 1. The zero-order valence-corrected chi connectivity index (χ0v) is 14.7. The fourth-order valence-corrected chi connectivity index (χ4v) is 2.22. The zero-order valence-electron chi connectivity index (χ0n) is 14.7. The van der Waals surface area contributed by atoms with Crippen molar-refractivity contribution in [2.24, 2.45) is 5.92 Å². The van der Waals surface area contributed by atoms with Crippen LogP contribution < -0.4 is 4.74 Å². The van der Waals surface area contributed by atoms with Gasteiger partial charge < -0.3 is 14.2 Å². The van der Waals surface area contributed by atoms with E-state index in [-0.39, 0.29) is 24.4 Å². The van der Waals surface area contributed by atoms with Crippen molar-refractivity contribution in [2.75, 3.05) is 26.4 Å². The highest BCUT2D eigenvalue weighted by Gasteiger charge is 2.25. The Morgan fingerprint density at radius 3 is 2.46 bits per heavy atom. The van der Waals surface area contributed by atoms with Gasteiger partial charge in [-0.25, -0.2) is 0 Å². The van der Waals surface area contributed by atoms with Gasteiger partial charge in [-0.1, -0.05) is 43.9 Å². The van der Waals surface area contributed by atoms with Crippen LogP contribution in [0.2, 0.25) is 0 Å². The van der Waals surface area contributed by atoms with E-state index in [0.717, 1.165) is 11.3 Å². The molecule has 1 unspecified atom stereocenters. The highest BCUT2D eigenvalue weighted by Crippen LogP contribution is 2.27. The van der Waals surface area contributed by atoms with Gasteiger partial charge in [0.05, 0.1) is 19.1 Å². The van der Waals surface area contributed by atoms with Gasteiger partial charge in [-0.15, -0.1) is 6.58 Å². The number of rotatable bonds is 9. The Labute approximate surface area is 144 Å². The van der Waals surface area contributed by atoms with E-state index in [1.807, 2.05) is 45.0 Å². The van der Waals surface area contributed by atoms with Crippen LogP contribution in [0.25, 0.3) is 0 Å². The molecule has 0 heterocycles. The summed E-state index contributed by atoms with van der Waals surface area (Å²) in [5.41, 5.74) is 0.917. The molecule has 4 nitrogen and oxygen atoms in total. The van der Waals surface area contributed by atoms with Crippen LogP contribution in [0.15, 0.2) is 36.9 Å². The number of hydrogen-bond acceptors (Lipinski definition) is 4. The molecule has 4 heteroatoms. The molecule has 0 saturated carbocycles. The van der Waals surface area contributed by atoms with Crippen molar-refractivity contribution in [3.63, 3.8) is 0 Å². The highest BCUT2D eigenvalue weighted by molar-refractivity contribution is 5.78. The third kappa shape index (κ3) is 6.89. The van der Waals surface area contributed by atoms with E-state index < -0.39 is 0 Å². The summed E-state index contributed by atoms with van der Waals surface area (Å²) in [7, 11) is 0. The van der Waals surface area contributed by atoms with Gasteiger partial charge in [0.15, 0.2) is 6.61 Å². The molecule has 0 fully saturated rings. The molecule has 1 aromatic carbocycles. The van der Waals surface area contributed by atoms with Crippen molar-refractivity contribution in [2.45, 2.75) is 26.7 Å². The molecule has 1 atom stereocenters. The normalized spacial score (nSPS) is 11.3. The molecule has 0 N–H and O–H groups in total. The maximum atomic E-state index is 12.4. The van der Waals surface area contributed by atoms with Crippen molar-refractivity contribution in [3.8, 4) is 17.6 Å². The third-order valence-electron chi connectivity index (χ3n) is 3.29. The van der Waals surface area contributed by atoms with Crippen LogP contribution in [0.5, 0.6) is 5.75 Å². The number of hydrogen-bond donors (Lipinski definition) is 0. The molecular weight excluding hydrogens is 304 g/mol. The van der Waals surface area contributed by atoms with Gasteiger partial charge in [0.1, 0.15) is 12.4 Å². The molecule has 0 aliphatic heterocycles. The van der Waals surface area contributed by atoms with Crippen LogP contribution in [0.3, 0.4) is 0 Å². The quantitative estimate of drug-likeness (QED) is 0.300. The third-order valence-corrected chi connectivity index (χ3v) is 3.29. The predicted molar refractivity (Wildman–Crippen MR) is 94.9 cm³/mol. The van der Waals surface area contributed by atoms with Gasteiger partial charge >= 0.3 is 5.97 Å². The van der Waals surface area contributed by atoms with Crippen LogP contribution in [-0.2, 0) is 14.3 Å². The monoisotopic (exact) mass is 330 g/mol. The lowest BCUT2D eigenvalue weighted by molar-refractivity contribution is -0.145. The molecule has 130 valence electrons. The first kappa shape index (κ1) is 19.8. The molecule has 0 amide bonds. The summed E-state index contributed by atoms with van der Waals surface area (Å²) in [6, 6.07) is 7.56. The summed E-state index contributed by atoms with van der Waals surface area (Å²) in [5, 5.41) is 0. The number of carbonyl (C=O) groups excluding carboxylic acids is 1. The van der Waals surface area contributed by atoms with Crippen molar-refractivity contribution in [1.82, 2.24) is 0 Å². The second-order valence-corrected chi connectivity index (χ2v) is 5.49. The lowest BCUT2D eigenvalue weighted by Crippen LogP contribution is -2.21. The molecule has 0 spiro atoms. The maximum Gasteiger partial charge on any atom is 0.314 e. The Hall–Kier alpha value is -2.25. The molecule has 24 heavy (non-hydrogen) atoms. The van der Waals surface area contributed by atoms with E-state index in [9.17, 15) is 4.79 Å². The fraction of sp³-hybridized carbons (Fsp3) is 0.450. The summed E-state index contributed by atoms with van der Waals surface area (Å²) in [4.78, 5) is 12.4. The van der Waals surface area contributed by atoms with E-state index in [0.29, 0.717) is 19.8 Å². The molecular formula is C20H26O4. The second kappa shape index (κ2) is 11.3. The highest BCUT2D eigenvalue weighted by atomic mass is 16.5. The molecule has 1 rings (SSSR count). The summed E-state index contributed by atoms with van der Waals surface area (Å²) < 4.78 is 15.8. The number of ether oxygens (including phenoxy) is 3. The minimum Gasteiger partial charge on any atom is -0.494 e. The van der Waals surface area contributed by atoms with Gasteiger partial charge in [-0.3, -0.25) is 4.79 Å². The van der Waals surface area contributed by atoms with Crippen molar-refractivity contribution in [1.29, 1.82) is 0 Å². The molecule has 0 saturated heterocycles. The van der Waals surface area contributed by atoms with Gasteiger partial charge in [-0.2, -0.15) is 0 Å². The predicted octanol–water partition coefficient (Wildman–Crippen LogP) is 3.57. The summed E-state index contributed by atoms with van der Waals surface area (Å²) in [6.45, 7) is 10.9. The SMILES string of the molecule is C=CCOCC#CCOC(=O)C(c1ccc(OCC)cc1)C(C)C. The smallest absolute Gasteiger partial charge is 0.314 e. The van der Waals surface area contributed by atoms with Gasteiger partial charge in [0.25, 0.3) is 0 Å². The summed E-state index contributed by atoms with van der Waals surface area (Å²) >= 11 is 0.